The molecule has 1 aliphatic heterocycles. The number of para-hydroxylation sites is 1. The lowest BCUT2D eigenvalue weighted by Crippen LogP contribution is -2.57. The number of hydrogen-bond acceptors (Lipinski definition) is 8. The Bertz CT molecular complexity index is 1820. The van der Waals surface area contributed by atoms with Crippen LogP contribution < -0.4 is 10.2 Å². The summed E-state index contributed by atoms with van der Waals surface area (Å²) in [5, 5.41) is 10.4. The first-order chi connectivity index (χ1) is 22.9. The Morgan fingerprint density at radius 1 is 1.00 bits per heavy atom. The number of rotatable bonds is 9. The lowest BCUT2D eigenvalue weighted by atomic mass is 9.92. The molecule has 1 fully saturated rings. The van der Waals surface area contributed by atoms with Crippen LogP contribution in [0.15, 0.2) is 84.9 Å². The number of amides is 3. The molecule has 0 bridgehead atoms. The summed E-state index contributed by atoms with van der Waals surface area (Å²) in [5.74, 6) is -5.06. The molecule has 2 N–H and O–H groups in total. The number of ether oxygens (including phenoxy) is 1. The molecule has 11 nitrogen and oxygen atoms in total. The van der Waals surface area contributed by atoms with Crippen molar-refractivity contribution < 1.29 is 47.1 Å². The van der Waals surface area contributed by atoms with Crippen LogP contribution in [0.4, 0.5) is 13.2 Å². The van der Waals surface area contributed by atoms with Crippen LogP contribution >= 0.6 is 0 Å². The number of alkyl halides is 3. The first-order valence-corrected chi connectivity index (χ1v) is 14.8. The van der Waals surface area contributed by atoms with E-state index in [2.05, 4.69) is 9.82 Å². The van der Waals surface area contributed by atoms with Gasteiger partial charge in [0.05, 0.1) is 18.4 Å². The normalized spacial score (nSPS) is 16.0. The molecule has 1 aromatic heterocycles. The molecule has 0 radical (unpaired) electrons. The molecule has 48 heavy (non-hydrogen) atoms. The summed E-state index contributed by atoms with van der Waals surface area (Å²) in [6, 6.07) is 23.5. The zero-order chi connectivity index (χ0) is 34.5. The highest BCUT2D eigenvalue weighted by atomic mass is 19.4. The number of aryl methyl sites for hydroxylation is 1. The molecular formula is C34H31F3N4O7. The lowest BCUT2D eigenvalue weighted by molar-refractivity contribution is -0.243. The van der Waals surface area contributed by atoms with Crippen molar-refractivity contribution in [3.63, 3.8) is 0 Å². The maximum absolute atomic E-state index is 13.8. The Balaban J connectivity index is 1.40. The number of aromatic nitrogens is 1. The van der Waals surface area contributed by atoms with Crippen molar-refractivity contribution in [2.24, 2.45) is 0 Å². The second-order valence-electron chi connectivity index (χ2n) is 11.4. The summed E-state index contributed by atoms with van der Waals surface area (Å²) < 4.78 is 46.3. The van der Waals surface area contributed by atoms with Crippen LogP contribution in [0.5, 0.6) is 5.75 Å². The molecule has 0 aliphatic carbocycles. The largest absolute Gasteiger partial charge is 0.493 e. The van der Waals surface area contributed by atoms with E-state index in [1.807, 2.05) is 37.3 Å². The molecule has 5 rings (SSSR count). The second-order valence-corrected chi connectivity index (χ2v) is 11.4. The zero-order valence-electron chi connectivity index (χ0n) is 25.7. The van der Waals surface area contributed by atoms with Crippen LogP contribution in [0.3, 0.4) is 0 Å². The Kier molecular flexibility index (Phi) is 9.94. The standard InChI is InChI=1S/C34H31F3N4O7/c1-22-17-25(27-9-5-6-10-28(27)38-22)20-47-26-13-11-24(12-14-26)31(44)41(48-32(45)34(35,36)37)33(19-29(42)39-46)15-16-40(21-33)30(43)18-23-7-3-2-4-8-23/h2-14,17,46H,15-16,18-21H2,1H3,(H,39,42). The molecule has 14 heteroatoms. The second kappa shape index (κ2) is 14.1. The van der Waals surface area contributed by atoms with Crippen LogP contribution in [0, 0.1) is 6.92 Å². The maximum Gasteiger partial charge on any atom is 0.493 e. The third-order valence-corrected chi connectivity index (χ3v) is 7.94. The number of hydroxylamine groups is 3. The quantitative estimate of drug-likeness (QED) is 0.194. The van der Waals surface area contributed by atoms with E-state index in [0.717, 1.165) is 22.2 Å². The third kappa shape index (κ3) is 7.72. The third-order valence-electron chi connectivity index (χ3n) is 7.94. The minimum atomic E-state index is -5.49. The summed E-state index contributed by atoms with van der Waals surface area (Å²) in [5.41, 5.74) is 2.37. The lowest BCUT2D eigenvalue weighted by Gasteiger charge is -2.38. The van der Waals surface area contributed by atoms with E-state index in [-0.39, 0.29) is 36.6 Å². The predicted molar refractivity (Wildman–Crippen MR) is 164 cm³/mol. The number of carbonyl (C=O) groups is 4. The van der Waals surface area contributed by atoms with E-state index >= 15 is 0 Å². The zero-order valence-corrected chi connectivity index (χ0v) is 25.7. The predicted octanol–water partition coefficient (Wildman–Crippen LogP) is 4.69. The number of halogens is 3. The van der Waals surface area contributed by atoms with E-state index < -0.39 is 48.4 Å². The van der Waals surface area contributed by atoms with Crippen molar-refractivity contribution in [1.82, 2.24) is 20.4 Å². The highest BCUT2D eigenvalue weighted by Crippen LogP contribution is 2.35. The Hall–Kier alpha value is -5.50. The molecule has 3 aromatic carbocycles. The Labute approximate surface area is 272 Å². The van der Waals surface area contributed by atoms with E-state index in [4.69, 9.17) is 4.74 Å². The molecule has 1 unspecified atom stereocenters. The minimum Gasteiger partial charge on any atom is -0.489 e. The molecule has 3 amide bonds. The van der Waals surface area contributed by atoms with Gasteiger partial charge in [0, 0.05) is 35.3 Å². The molecule has 4 aromatic rings. The van der Waals surface area contributed by atoms with Crippen molar-refractivity contribution in [1.29, 1.82) is 0 Å². The van der Waals surface area contributed by atoms with Crippen molar-refractivity contribution in [2.45, 2.75) is 44.5 Å². The topological polar surface area (TPSA) is 138 Å². The Morgan fingerprint density at radius 2 is 1.69 bits per heavy atom. The smallest absolute Gasteiger partial charge is 0.489 e. The number of likely N-dealkylation sites (tertiary alicyclic amines) is 1. The van der Waals surface area contributed by atoms with E-state index in [1.54, 1.807) is 30.3 Å². The number of nitrogens with zero attached hydrogens (tertiary/aromatic N) is 3. The van der Waals surface area contributed by atoms with Gasteiger partial charge < -0.3 is 14.5 Å². The van der Waals surface area contributed by atoms with Gasteiger partial charge in [0.25, 0.3) is 5.91 Å². The van der Waals surface area contributed by atoms with Gasteiger partial charge in [-0.2, -0.15) is 18.2 Å². The van der Waals surface area contributed by atoms with Gasteiger partial charge in [-0.15, -0.1) is 0 Å². The summed E-state index contributed by atoms with van der Waals surface area (Å²) in [6.07, 6.45) is -6.57. The van der Waals surface area contributed by atoms with E-state index in [1.165, 1.54) is 34.6 Å². The molecule has 0 spiro atoms. The van der Waals surface area contributed by atoms with Crippen LogP contribution in [0.25, 0.3) is 10.9 Å². The van der Waals surface area contributed by atoms with E-state index in [9.17, 15) is 37.6 Å². The number of nitrogens with one attached hydrogen (secondary N) is 1. The van der Waals surface area contributed by atoms with Gasteiger partial charge in [0.2, 0.25) is 11.8 Å². The molecular weight excluding hydrogens is 633 g/mol. The fraction of sp³-hybridized carbons (Fsp3) is 0.265. The molecule has 2 heterocycles. The summed E-state index contributed by atoms with van der Waals surface area (Å²) in [4.78, 5) is 62.0. The van der Waals surface area contributed by atoms with Gasteiger partial charge in [0.15, 0.2) is 0 Å². The molecule has 1 atom stereocenters. The molecule has 1 aliphatic rings. The van der Waals surface area contributed by atoms with Crippen LogP contribution in [-0.2, 0) is 32.2 Å². The number of hydrogen-bond donors (Lipinski definition) is 2. The van der Waals surface area contributed by atoms with Crippen molar-refractivity contribution in [2.75, 3.05) is 13.1 Å². The molecule has 1 saturated heterocycles. The average Bonchev–Trinajstić information content (AvgIpc) is 3.50. The van der Waals surface area contributed by atoms with Gasteiger partial charge in [-0.3, -0.25) is 24.6 Å². The summed E-state index contributed by atoms with van der Waals surface area (Å²) in [7, 11) is 0. The fourth-order valence-electron chi connectivity index (χ4n) is 5.65. The van der Waals surface area contributed by atoms with Gasteiger partial charge in [-0.05, 0) is 55.3 Å². The number of carbonyl (C=O) groups excluding carboxylic acids is 4. The van der Waals surface area contributed by atoms with Gasteiger partial charge >= 0.3 is 12.1 Å². The summed E-state index contributed by atoms with van der Waals surface area (Å²) in [6.45, 7) is 1.48. The van der Waals surface area contributed by atoms with Crippen LogP contribution in [0.2, 0.25) is 0 Å². The van der Waals surface area contributed by atoms with E-state index in [0.29, 0.717) is 11.3 Å². The summed E-state index contributed by atoms with van der Waals surface area (Å²) >= 11 is 0. The van der Waals surface area contributed by atoms with Crippen molar-refractivity contribution in [3.05, 3.63) is 107 Å². The van der Waals surface area contributed by atoms with Gasteiger partial charge in [-0.1, -0.05) is 48.5 Å². The number of pyridine rings is 1. The van der Waals surface area contributed by atoms with Crippen molar-refractivity contribution >= 4 is 34.6 Å². The fourth-order valence-corrected chi connectivity index (χ4v) is 5.65. The molecule has 250 valence electrons. The maximum atomic E-state index is 13.8. The molecule has 0 saturated carbocycles. The van der Waals surface area contributed by atoms with Gasteiger partial charge in [-0.25, -0.2) is 10.3 Å². The minimum absolute atomic E-state index is 0.0598. The number of benzene rings is 3. The number of fused-ring (bicyclic) bond motifs is 1. The average molecular weight is 665 g/mol. The Morgan fingerprint density at radius 3 is 2.38 bits per heavy atom. The van der Waals surface area contributed by atoms with Crippen LogP contribution in [0.1, 0.15) is 40.0 Å². The highest BCUT2D eigenvalue weighted by molar-refractivity contribution is 5.96. The SMILES string of the molecule is Cc1cc(COc2ccc(C(=O)N(OC(=O)C(F)(F)F)C3(CC(=O)NO)CCN(C(=O)Cc4ccccc4)C3)cc2)c2ccccc2n1. The van der Waals surface area contributed by atoms with Crippen molar-refractivity contribution in [3.8, 4) is 5.75 Å². The van der Waals surface area contributed by atoms with Gasteiger partial charge in [0.1, 0.15) is 17.9 Å². The first kappa shape index (κ1) is 33.9. The first-order valence-electron chi connectivity index (χ1n) is 14.8. The monoisotopic (exact) mass is 664 g/mol. The van der Waals surface area contributed by atoms with Crippen LogP contribution in [-0.4, -0.2) is 68.6 Å². The highest BCUT2D eigenvalue weighted by Gasteiger charge is 2.53.